The van der Waals surface area contributed by atoms with E-state index in [1.165, 1.54) is 23.1 Å². The van der Waals surface area contributed by atoms with Crippen molar-refractivity contribution in [3.63, 3.8) is 0 Å². The molecule has 0 radical (unpaired) electrons. The van der Waals surface area contributed by atoms with Gasteiger partial charge in [0.25, 0.3) is 0 Å². The minimum atomic E-state index is -0.215. The molecule has 1 aromatic heterocycles. The summed E-state index contributed by atoms with van der Waals surface area (Å²) in [4.78, 5) is 6.91. The molecular formula is C20H19FN2O. The molecular weight excluding hydrogens is 303 g/mol. The second-order valence-electron chi connectivity index (χ2n) is 6.14. The first-order valence-electron chi connectivity index (χ1n) is 8.22. The molecule has 0 saturated carbocycles. The molecule has 0 aliphatic carbocycles. The fourth-order valence-electron chi connectivity index (χ4n) is 3.26. The van der Waals surface area contributed by atoms with Crippen molar-refractivity contribution < 1.29 is 9.13 Å². The van der Waals surface area contributed by atoms with Crippen LogP contribution < -0.4 is 0 Å². The van der Waals surface area contributed by atoms with Crippen LogP contribution in [0.1, 0.15) is 17.2 Å². The van der Waals surface area contributed by atoms with Crippen LogP contribution >= 0.6 is 0 Å². The Bertz CT molecular complexity index is 829. The monoisotopic (exact) mass is 322 g/mol. The average molecular weight is 322 g/mol. The van der Waals surface area contributed by atoms with Crippen LogP contribution in [0.15, 0.2) is 60.8 Å². The first kappa shape index (κ1) is 15.2. The number of para-hydroxylation sites is 1. The van der Waals surface area contributed by atoms with Gasteiger partial charge in [0.1, 0.15) is 5.82 Å². The summed E-state index contributed by atoms with van der Waals surface area (Å²) in [5, 5.41) is 1.17. The Morgan fingerprint density at radius 1 is 1.08 bits per heavy atom. The van der Waals surface area contributed by atoms with Crippen LogP contribution in [-0.4, -0.2) is 29.6 Å². The fourth-order valence-corrected chi connectivity index (χ4v) is 3.26. The zero-order valence-electron chi connectivity index (χ0n) is 13.4. The third-order valence-corrected chi connectivity index (χ3v) is 4.50. The van der Waals surface area contributed by atoms with E-state index in [9.17, 15) is 4.39 Å². The summed E-state index contributed by atoms with van der Waals surface area (Å²) in [6, 6.07) is 17.0. The van der Waals surface area contributed by atoms with Gasteiger partial charge in [-0.2, -0.15) is 0 Å². The highest BCUT2D eigenvalue weighted by Gasteiger charge is 2.22. The molecule has 3 aromatic rings. The predicted octanol–water partition coefficient (Wildman–Crippen LogP) is 3.95. The van der Waals surface area contributed by atoms with Gasteiger partial charge in [0.2, 0.25) is 0 Å². The topological polar surface area (TPSA) is 25.4 Å². The summed E-state index contributed by atoms with van der Waals surface area (Å²) in [7, 11) is 0. The molecule has 1 saturated heterocycles. The zero-order chi connectivity index (χ0) is 16.4. The van der Waals surface area contributed by atoms with Crippen molar-refractivity contribution in [2.75, 3.05) is 19.7 Å². The molecule has 0 bridgehead atoms. The Morgan fingerprint density at radius 3 is 2.79 bits per heavy atom. The van der Waals surface area contributed by atoms with E-state index in [0.717, 1.165) is 30.7 Å². The lowest BCUT2D eigenvalue weighted by Gasteiger charge is -2.33. The molecule has 0 spiro atoms. The van der Waals surface area contributed by atoms with E-state index in [-0.39, 0.29) is 11.9 Å². The van der Waals surface area contributed by atoms with Crippen LogP contribution in [0.5, 0.6) is 0 Å². The first-order chi connectivity index (χ1) is 11.8. The molecule has 0 amide bonds. The van der Waals surface area contributed by atoms with Crippen molar-refractivity contribution in [3.05, 3.63) is 77.7 Å². The molecule has 4 heteroatoms. The molecule has 4 rings (SSSR count). The molecule has 2 aromatic carbocycles. The Morgan fingerprint density at radius 2 is 1.92 bits per heavy atom. The lowest BCUT2D eigenvalue weighted by atomic mass is 10.1. The van der Waals surface area contributed by atoms with Gasteiger partial charge < -0.3 is 4.74 Å². The van der Waals surface area contributed by atoms with E-state index in [2.05, 4.69) is 34.1 Å². The van der Waals surface area contributed by atoms with Crippen LogP contribution in [0, 0.1) is 5.82 Å². The van der Waals surface area contributed by atoms with Crippen LogP contribution in [0.4, 0.5) is 4.39 Å². The number of benzene rings is 2. The SMILES string of the molecule is Fc1ccc(C2CN(Cc3cccc4cccnc34)CCO2)cc1. The van der Waals surface area contributed by atoms with Crippen LogP contribution in [0.2, 0.25) is 0 Å². The molecule has 2 heterocycles. The van der Waals surface area contributed by atoms with Gasteiger partial charge in [-0.15, -0.1) is 0 Å². The van der Waals surface area contributed by atoms with Gasteiger partial charge in [0.15, 0.2) is 0 Å². The summed E-state index contributed by atoms with van der Waals surface area (Å²) in [5.41, 5.74) is 3.31. The third-order valence-electron chi connectivity index (χ3n) is 4.50. The smallest absolute Gasteiger partial charge is 0.123 e. The third kappa shape index (κ3) is 3.16. The number of nitrogens with zero attached hydrogens (tertiary/aromatic N) is 2. The fraction of sp³-hybridized carbons (Fsp3) is 0.250. The predicted molar refractivity (Wildman–Crippen MR) is 92.1 cm³/mol. The molecule has 24 heavy (non-hydrogen) atoms. The Hall–Kier alpha value is -2.30. The standard InChI is InChI=1S/C20H19FN2O/c21-18-8-6-15(7-9-18)19-14-23(11-12-24-19)13-17-4-1-3-16-5-2-10-22-20(16)17/h1-10,19H,11-14H2. The highest BCUT2D eigenvalue weighted by Crippen LogP contribution is 2.25. The number of fused-ring (bicyclic) bond motifs is 1. The summed E-state index contributed by atoms with van der Waals surface area (Å²) in [6.45, 7) is 3.21. The second-order valence-corrected chi connectivity index (χ2v) is 6.14. The minimum Gasteiger partial charge on any atom is -0.371 e. The van der Waals surface area contributed by atoms with Gasteiger partial charge in [0, 0.05) is 31.2 Å². The summed E-state index contributed by atoms with van der Waals surface area (Å²) in [5.74, 6) is -0.215. The number of morpholine rings is 1. The summed E-state index contributed by atoms with van der Waals surface area (Å²) in [6.07, 6.45) is 1.83. The zero-order valence-corrected chi connectivity index (χ0v) is 13.4. The van der Waals surface area contributed by atoms with Gasteiger partial charge >= 0.3 is 0 Å². The van der Waals surface area contributed by atoms with E-state index in [1.807, 2.05) is 24.4 Å². The summed E-state index contributed by atoms with van der Waals surface area (Å²) < 4.78 is 19.0. The lowest BCUT2D eigenvalue weighted by Crippen LogP contribution is -2.37. The number of ether oxygens (including phenoxy) is 1. The molecule has 1 unspecified atom stereocenters. The maximum atomic E-state index is 13.1. The average Bonchev–Trinajstić information content (AvgIpc) is 2.63. The number of halogens is 1. The van der Waals surface area contributed by atoms with Gasteiger partial charge in [-0.05, 0) is 29.3 Å². The molecule has 1 aliphatic heterocycles. The van der Waals surface area contributed by atoms with Crippen molar-refractivity contribution >= 4 is 10.9 Å². The van der Waals surface area contributed by atoms with Gasteiger partial charge in [0.05, 0.1) is 18.2 Å². The van der Waals surface area contributed by atoms with Crippen LogP contribution in [-0.2, 0) is 11.3 Å². The quantitative estimate of drug-likeness (QED) is 0.730. The van der Waals surface area contributed by atoms with Crippen molar-refractivity contribution in [3.8, 4) is 0 Å². The van der Waals surface area contributed by atoms with Crippen molar-refractivity contribution in [2.45, 2.75) is 12.6 Å². The Kier molecular flexibility index (Phi) is 4.24. The number of hydrogen-bond acceptors (Lipinski definition) is 3. The van der Waals surface area contributed by atoms with E-state index in [0.29, 0.717) is 6.61 Å². The van der Waals surface area contributed by atoms with Crippen molar-refractivity contribution in [2.24, 2.45) is 0 Å². The lowest BCUT2D eigenvalue weighted by molar-refractivity contribution is -0.0328. The Balaban J connectivity index is 1.53. The first-order valence-corrected chi connectivity index (χ1v) is 8.22. The number of pyridine rings is 1. The molecule has 122 valence electrons. The van der Waals surface area contributed by atoms with Crippen molar-refractivity contribution in [1.82, 2.24) is 9.88 Å². The van der Waals surface area contributed by atoms with E-state index < -0.39 is 0 Å². The minimum absolute atomic E-state index is 0.0118. The van der Waals surface area contributed by atoms with E-state index >= 15 is 0 Å². The molecule has 0 N–H and O–H groups in total. The highest BCUT2D eigenvalue weighted by molar-refractivity contribution is 5.81. The largest absolute Gasteiger partial charge is 0.371 e. The molecule has 1 fully saturated rings. The normalized spacial score (nSPS) is 18.8. The van der Waals surface area contributed by atoms with Crippen LogP contribution in [0.3, 0.4) is 0 Å². The van der Waals surface area contributed by atoms with Crippen LogP contribution in [0.25, 0.3) is 10.9 Å². The van der Waals surface area contributed by atoms with Gasteiger partial charge in [-0.25, -0.2) is 4.39 Å². The number of rotatable bonds is 3. The van der Waals surface area contributed by atoms with Gasteiger partial charge in [-0.1, -0.05) is 36.4 Å². The molecule has 1 atom stereocenters. The highest BCUT2D eigenvalue weighted by atomic mass is 19.1. The molecule has 3 nitrogen and oxygen atoms in total. The summed E-state index contributed by atoms with van der Waals surface area (Å²) >= 11 is 0. The maximum Gasteiger partial charge on any atom is 0.123 e. The number of aromatic nitrogens is 1. The second kappa shape index (κ2) is 6.67. The Labute approximate surface area is 140 Å². The van der Waals surface area contributed by atoms with E-state index in [4.69, 9.17) is 4.74 Å². The van der Waals surface area contributed by atoms with Crippen molar-refractivity contribution in [1.29, 1.82) is 0 Å². The molecule has 1 aliphatic rings. The number of hydrogen-bond donors (Lipinski definition) is 0. The van der Waals surface area contributed by atoms with Gasteiger partial charge in [-0.3, -0.25) is 9.88 Å². The van der Waals surface area contributed by atoms with E-state index in [1.54, 1.807) is 0 Å². The maximum absolute atomic E-state index is 13.1.